The van der Waals surface area contributed by atoms with E-state index in [4.69, 9.17) is 28.4 Å². The van der Waals surface area contributed by atoms with Crippen LogP contribution in [0.1, 0.15) is 34.6 Å². The lowest BCUT2D eigenvalue weighted by atomic mass is 9.89. The molecule has 1 aliphatic heterocycles. The molecule has 11 nitrogen and oxygen atoms in total. The van der Waals surface area contributed by atoms with Crippen LogP contribution in [0.15, 0.2) is 0 Å². The molecular formula is C17H24O11. The van der Waals surface area contributed by atoms with Crippen molar-refractivity contribution in [2.24, 2.45) is 5.92 Å². The zero-order valence-electron chi connectivity index (χ0n) is 16.3. The van der Waals surface area contributed by atoms with E-state index in [1.807, 2.05) is 0 Å². The fourth-order valence-corrected chi connectivity index (χ4v) is 2.68. The van der Waals surface area contributed by atoms with Crippen LogP contribution in [0.5, 0.6) is 0 Å². The van der Waals surface area contributed by atoms with Gasteiger partial charge in [0.1, 0.15) is 25.4 Å². The molecule has 5 unspecified atom stereocenters. The summed E-state index contributed by atoms with van der Waals surface area (Å²) in [5.74, 6) is -4.34. The van der Waals surface area contributed by atoms with Gasteiger partial charge in [0.25, 0.3) is 0 Å². The average molecular weight is 404 g/mol. The highest BCUT2D eigenvalue weighted by Crippen LogP contribution is 2.32. The van der Waals surface area contributed by atoms with Gasteiger partial charge in [0, 0.05) is 34.6 Å². The lowest BCUT2D eigenvalue weighted by molar-refractivity contribution is -0.291. The minimum absolute atomic E-state index is 0.330. The van der Waals surface area contributed by atoms with E-state index in [9.17, 15) is 24.0 Å². The van der Waals surface area contributed by atoms with Crippen molar-refractivity contribution in [3.8, 4) is 0 Å². The minimum Gasteiger partial charge on any atom is -0.465 e. The molecular weight excluding hydrogens is 380 g/mol. The van der Waals surface area contributed by atoms with Gasteiger partial charge in [0.15, 0.2) is 6.10 Å². The molecule has 0 amide bonds. The second-order valence-corrected chi connectivity index (χ2v) is 6.07. The summed E-state index contributed by atoms with van der Waals surface area (Å²) >= 11 is 0. The van der Waals surface area contributed by atoms with E-state index in [0.717, 1.165) is 20.8 Å². The molecule has 1 heterocycles. The number of hydrogen-bond donors (Lipinski definition) is 0. The predicted molar refractivity (Wildman–Crippen MR) is 88.3 cm³/mol. The molecule has 0 radical (unpaired) electrons. The second-order valence-electron chi connectivity index (χ2n) is 6.07. The van der Waals surface area contributed by atoms with Gasteiger partial charge in [0.2, 0.25) is 6.29 Å². The van der Waals surface area contributed by atoms with Crippen molar-refractivity contribution >= 4 is 29.8 Å². The topological polar surface area (TPSA) is 141 Å². The van der Waals surface area contributed by atoms with Crippen LogP contribution in [-0.2, 0) is 52.4 Å². The van der Waals surface area contributed by atoms with Gasteiger partial charge >= 0.3 is 29.8 Å². The summed E-state index contributed by atoms with van der Waals surface area (Å²) in [7, 11) is 0. The first-order valence-corrected chi connectivity index (χ1v) is 8.45. The van der Waals surface area contributed by atoms with Crippen molar-refractivity contribution in [1.29, 1.82) is 0 Å². The van der Waals surface area contributed by atoms with Crippen molar-refractivity contribution in [2.75, 3.05) is 13.2 Å². The van der Waals surface area contributed by atoms with E-state index in [-0.39, 0.29) is 13.2 Å². The predicted octanol–water partition coefficient (Wildman–Crippen LogP) is -0.120. The molecule has 5 atom stereocenters. The van der Waals surface area contributed by atoms with E-state index in [1.54, 1.807) is 0 Å². The van der Waals surface area contributed by atoms with Crippen LogP contribution in [0.25, 0.3) is 0 Å². The molecule has 1 fully saturated rings. The smallest absolute Gasteiger partial charge is 0.305 e. The monoisotopic (exact) mass is 404 g/mol. The van der Waals surface area contributed by atoms with Crippen LogP contribution in [0, 0.1) is 5.92 Å². The van der Waals surface area contributed by atoms with Crippen LogP contribution < -0.4 is 0 Å². The molecule has 0 N–H and O–H groups in total. The number of carbonyl (C=O) groups excluding carboxylic acids is 5. The van der Waals surface area contributed by atoms with E-state index >= 15 is 0 Å². The van der Waals surface area contributed by atoms with Crippen LogP contribution >= 0.6 is 0 Å². The molecule has 0 bridgehead atoms. The Labute approximate surface area is 161 Å². The molecule has 1 saturated heterocycles. The molecule has 0 aromatic carbocycles. The van der Waals surface area contributed by atoms with Gasteiger partial charge < -0.3 is 28.4 Å². The first kappa shape index (κ1) is 23.3. The largest absolute Gasteiger partial charge is 0.465 e. The maximum absolute atomic E-state index is 11.6. The zero-order valence-corrected chi connectivity index (χ0v) is 16.3. The summed E-state index contributed by atoms with van der Waals surface area (Å²) in [5, 5.41) is 0. The first-order valence-electron chi connectivity index (χ1n) is 8.45. The van der Waals surface area contributed by atoms with Gasteiger partial charge in [-0.15, -0.1) is 0 Å². The molecule has 11 heteroatoms. The number of carbonyl (C=O) groups is 5. The summed E-state index contributed by atoms with van der Waals surface area (Å²) < 4.78 is 31.1. The maximum atomic E-state index is 11.6. The minimum atomic E-state index is -1.39. The molecule has 28 heavy (non-hydrogen) atoms. The van der Waals surface area contributed by atoms with Gasteiger partial charge in [-0.25, -0.2) is 0 Å². The normalized spacial score (nSPS) is 26.5. The first-order chi connectivity index (χ1) is 13.0. The lowest BCUT2D eigenvalue weighted by Gasteiger charge is -2.44. The third kappa shape index (κ3) is 7.51. The molecule has 0 aromatic heterocycles. The standard InChI is InChI=1S/C17H24O11/c1-8(18)23-6-13-15(25-10(3)20)14(7-24-9(2)19)28-17(27-12(5)22)16(13)26-11(4)21/h13-17H,6-7H2,1-5H3. The quantitative estimate of drug-likeness (QED) is 0.414. The molecule has 1 aliphatic rings. The number of ether oxygens (including phenoxy) is 6. The summed E-state index contributed by atoms with van der Waals surface area (Å²) in [4.78, 5) is 57.0. The van der Waals surface area contributed by atoms with Crippen LogP contribution in [0.4, 0.5) is 0 Å². The number of rotatable bonds is 7. The van der Waals surface area contributed by atoms with Crippen molar-refractivity contribution in [1.82, 2.24) is 0 Å². The van der Waals surface area contributed by atoms with Crippen molar-refractivity contribution in [3.63, 3.8) is 0 Å². The molecule has 0 spiro atoms. The molecule has 0 aromatic rings. The molecule has 158 valence electrons. The van der Waals surface area contributed by atoms with Gasteiger partial charge in [-0.1, -0.05) is 0 Å². The van der Waals surface area contributed by atoms with Gasteiger partial charge in [0.05, 0.1) is 5.92 Å². The third-order valence-electron chi connectivity index (χ3n) is 3.60. The Morgan fingerprint density at radius 3 is 1.57 bits per heavy atom. The Morgan fingerprint density at radius 2 is 1.11 bits per heavy atom. The summed E-state index contributed by atoms with van der Waals surface area (Å²) in [6.07, 6.45) is -4.81. The molecule has 0 saturated carbocycles. The fraction of sp³-hybridized carbons (Fsp3) is 0.706. The fourth-order valence-electron chi connectivity index (χ4n) is 2.68. The Kier molecular flexibility index (Phi) is 8.83. The lowest BCUT2D eigenvalue weighted by Crippen LogP contribution is -2.60. The van der Waals surface area contributed by atoms with E-state index in [1.165, 1.54) is 13.8 Å². The van der Waals surface area contributed by atoms with Crippen molar-refractivity contribution < 1.29 is 52.4 Å². The maximum Gasteiger partial charge on any atom is 0.305 e. The zero-order chi connectivity index (χ0) is 21.4. The number of hydrogen-bond acceptors (Lipinski definition) is 11. The third-order valence-corrected chi connectivity index (χ3v) is 3.60. The summed E-state index contributed by atoms with van der Waals surface area (Å²) in [6.45, 7) is 5.06. The average Bonchev–Trinajstić information content (AvgIpc) is 2.53. The van der Waals surface area contributed by atoms with E-state index in [0.29, 0.717) is 0 Å². The SMILES string of the molecule is CC(=O)OCC1OC(OC(C)=O)C(OC(C)=O)C(COC(C)=O)C1OC(C)=O. The van der Waals surface area contributed by atoms with Gasteiger partial charge in [-0.2, -0.15) is 0 Å². The van der Waals surface area contributed by atoms with Crippen molar-refractivity contribution in [2.45, 2.75) is 59.2 Å². The van der Waals surface area contributed by atoms with E-state index in [2.05, 4.69) is 0 Å². The highest BCUT2D eigenvalue weighted by molar-refractivity contribution is 5.68. The van der Waals surface area contributed by atoms with Crippen molar-refractivity contribution in [3.05, 3.63) is 0 Å². The van der Waals surface area contributed by atoms with Crippen LogP contribution in [-0.4, -0.2) is 67.7 Å². The molecule has 0 aliphatic carbocycles. The Balaban J connectivity index is 3.27. The summed E-state index contributed by atoms with van der Waals surface area (Å²) in [5.41, 5.74) is 0. The van der Waals surface area contributed by atoms with Crippen LogP contribution in [0.3, 0.4) is 0 Å². The van der Waals surface area contributed by atoms with Gasteiger partial charge in [-0.05, 0) is 0 Å². The van der Waals surface area contributed by atoms with Gasteiger partial charge in [-0.3, -0.25) is 24.0 Å². The molecule has 1 rings (SSSR count). The Bertz CT molecular complexity index is 614. The Morgan fingerprint density at radius 1 is 0.643 bits per heavy atom. The highest BCUT2D eigenvalue weighted by Gasteiger charge is 2.52. The van der Waals surface area contributed by atoms with E-state index < -0.39 is 60.4 Å². The number of esters is 5. The highest BCUT2D eigenvalue weighted by atomic mass is 16.7. The summed E-state index contributed by atoms with van der Waals surface area (Å²) in [6, 6.07) is 0. The second kappa shape index (κ2) is 10.6. The Hall–Kier alpha value is -2.69. The van der Waals surface area contributed by atoms with Crippen LogP contribution in [0.2, 0.25) is 0 Å².